The van der Waals surface area contributed by atoms with Crippen LogP contribution in [0.25, 0.3) is 0 Å². The number of nitrogens with zero attached hydrogens (tertiary/aromatic N) is 2. The van der Waals surface area contributed by atoms with Gasteiger partial charge in [0.05, 0.1) is 5.69 Å². The molecule has 1 rings (SSSR count). The van der Waals surface area contributed by atoms with Gasteiger partial charge in [0.1, 0.15) is 0 Å². The molecule has 4 heteroatoms. The Morgan fingerprint density at radius 3 is 2.89 bits per heavy atom. The SMILES string of the molecule is N=Cc1ccnc(Cl)n1. The van der Waals surface area contributed by atoms with Gasteiger partial charge in [-0.2, -0.15) is 0 Å². The fourth-order valence-corrected chi connectivity index (χ4v) is 0.582. The van der Waals surface area contributed by atoms with Gasteiger partial charge in [0, 0.05) is 12.4 Å². The number of hydrogen-bond acceptors (Lipinski definition) is 3. The largest absolute Gasteiger partial charge is 0.307 e. The van der Waals surface area contributed by atoms with Crippen molar-refractivity contribution in [2.75, 3.05) is 0 Å². The molecule has 0 amide bonds. The molecule has 1 aromatic rings. The molecule has 3 nitrogen and oxygen atoms in total. The number of aromatic nitrogens is 2. The summed E-state index contributed by atoms with van der Waals surface area (Å²) in [5.74, 6) is 0. The van der Waals surface area contributed by atoms with Gasteiger partial charge in [0.25, 0.3) is 0 Å². The summed E-state index contributed by atoms with van der Waals surface area (Å²) in [6.45, 7) is 0. The Balaban J connectivity index is 3.07. The van der Waals surface area contributed by atoms with E-state index in [4.69, 9.17) is 17.0 Å². The quantitative estimate of drug-likeness (QED) is 0.471. The molecule has 0 radical (unpaired) electrons. The predicted molar refractivity (Wildman–Crippen MR) is 34.9 cm³/mol. The van der Waals surface area contributed by atoms with Crippen LogP contribution in [0.2, 0.25) is 5.28 Å². The fourth-order valence-electron chi connectivity index (χ4n) is 0.428. The lowest BCUT2D eigenvalue weighted by molar-refractivity contribution is 1.15. The molecule has 1 aromatic heterocycles. The minimum Gasteiger partial charge on any atom is -0.307 e. The summed E-state index contributed by atoms with van der Waals surface area (Å²) in [5, 5.41) is 6.94. The van der Waals surface area contributed by atoms with E-state index in [2.05, 4.69) is 9.97 Å². The molecule has 0 aromatic carbocycles. The van der Waals surface area contributed by atoms with Crippen molar-refractivity contribution in [1.82, 2.24) is 9.97 Å². The van der Waals surface area contributed by atoms with Crippen molar-refractivity contribution in [3.8, 4) is 0 Å². The molecule has 0 aliphatic heterocycles. The number of hydrogen-bond donors (Lipinski definition) is 1. The van der Waals surface area contributed by atoms with Gasteiger partial charge in [0.2, 0.25) is 5.28 Å². The van der Waals surface area contributed by atoms with E-state index in [9.17, 15) is 0 Å². The molecule has 0 unspecified atom stereocenters. The van der Waals surface area contributed by atoms with Crippen molar-refractivity contribution in [3.05, 3.63) is 23.2 Å². The van der Waals surface area contributed by atoms with Gasteiger partial charge in [-0.1, -0.05) is 0 Å². The predicted octanol–water partition coefficient (Wildman–Crippen LogP) is 1.13. The minimum atomic E-state index is 0.177. The van der Waals surface area contributed by atoms with Gasteiger partial charge < -0.3 is 5.41 Å². The van der Waals surface area contributed by atoms with E-state index >= 15 is 0 Å². The van der Waals surface area contributed by atoms with Crippen molar-refractivity contribution in [2.45, 2.75) is 0 Å². The van der Waals surface area contributed by atoms with Crippen molar-refractivity contribution < 1.29 is 0 Å². The molecule has 0 saturated carbocycles. The number of nitrogens with one attached hydrogen (secondary N) is 1. The summed E-state index contributed by atoms with van der Waals surface area (Å²) < 4.78 is 0. The zero-order chi connectivity index (χ0) is 6.69. The van der Waals surface area contributed by atoms with E-state index < -0.39 is 0 Å². The zero-order valence-corrected chi connectivity index (χ0v) is 5.26. The van der Waals surface area contributed by atoms with Gasteiger partial charge in [-0.25, -0.2) is 9.97 Å². The van der Waals surface area contributed by atoms with Gasteiger partial charge in [-0.15, -0.1) is 0 Å². The van der Waals surface area contributed by atoms with Crippen LogP contribution in [-0.4, -0.2) is 16.2 Å². The average molecular weight is 142 g/mol. The van der Waals surface area contributed by atoms with Gasteiger partial charge in [-0.05, 0) is 17.7 Å². The summed E-state index contributed by atoms with van der Waals surface area (Å²) in [5.41, 5.74) is 0.523. The highest BCUT2D eigenvalue weighted by atomic mass is 35.5. The third-order valence-corrected chi connectivity index (χ3v) is 0.978. The lowest BCUT2D eigenvalue weighted by Crippen LogP contribution is -1.87. The van der Waals surface area contributed by atoms with E-state index in [-0.39, 0.29) is 5.28 Å². The molecular formula is C5H4ClN3. The van der Waals surface area contributed by atoms with E-state index in [1.54, 1.807) is 6.07 Å². The maximum absolute atomic E-state index is 6.77. The summed E-state index contributed by atoms with van der Waals surface area (Å²) in [4.78, 5) is 7.34. The minimum absolute atomic E-state index is 0.177. The molecule has 0 aliphatic carbocycles. The molecule has 0 aliphatic rings. The Bertz CT molecular complexity index is 223. The monoisotopic (exact) mass is 141 g/mol. The molecule has 1 heterocycles. The molecule has 0 fully saturated rings. The summed E-state index contributed by atoms with van der Waals surface area (Å²) in [6, 6.07) is 1.61. The van der Waals surface area contributed by atoms with Crippen molar-refractivity contribution >= 4 is 17.8 Å². The zero-order valence-electron chi connectivity index (χ0n) is 4.50. The van der Waals surface area contributed by atoms with Gasteiger partial charge >= 0.3 is 0 Å². The first kappa shape index (κ1) is 6.16. The lowest BCUT2D eigenvalue weighted by atomic mass is 10.4. The summed E-state index contributed by atoms with van der Waals surface area (Å²) in [7, 11) is 0. The Morgan fingerprint density at radius 1 is 1.67 bits per heavy atom. The molecule has 1 N–H and O–H groups in total. The fraction of sp³-hybridized carbons (Fsp3) is 0. The standard InChI is InChI=1S/C5H4ClN3/c6-5-8-2-1-4(3-7)9-5/h1-3,7H. The highest BCUT2D eigenvalue weighted by Gasteiger charge is 1.89. The van der Waals surface area contributed by atoms with Crippen LogP contribution in [-0.2, 0) is 0 Å². The highest BCUT2D eigenvalue weighted by Crippen LogP contribution is 1.97. The molecule has 0 saturated heterocycles. The van der Waals surface area contributed by atoms with Crippen LogP contribution in [0.4, 0.5) is 0 Å². The second-order valence-electron chi connectivity index (χ2n) is 1.39. The average Bonchev–Trinajstić information content (AvgIpc) is 1.88. The van der Waals surface area contributed by atoms with Crippen LogP contribution in [0.5, 0.6) is 0 Å². The maximum Gasteiger partial charge on any atom is 0.222 e. The molecule has 9 heavy (non-hydrogen) atoms. The van der Waals surface area contributed by atoms with Gasteiger partial charge in [-0.3, -0.25) is 0 Å². The first-order chi connectivity index (χ1) is 4.33. The van der Waals surface area contributed by atoms with Gasteiger partial charge in [0.15, 0.2) is 0 Å². The van der Waals surface area contributed by atoms with E-state index in [0.717, 1.165) is 6.21 Å². The Kier molecular flexibility index (Phi) is 1.75. The highest BCUT2D eigenvalue weighted by molar-refractivity contribution is 6.28. The summed E-state index contributed by atoms with van der Waals surface area (Å²) in [6.07, 6.45) is 2.63. The normalized spacial score (nSPS) is 9.00. The topological polar surface area (TPSA) is 49.6 Å². The Morgan fingerprint density at radius 2 is 2.44 bits per heavy atom. The van der Waals surface area contributed by atoms with Crippen LogP contribution in [0.15, 0.2) is 12.3 Å². The summed E-state index contributed by atoms with van der Waals surface area (Å²) >= 11 is 5.40. The Labute approximate surface area is 57.2 Å². The van der Waals surface area contributed by atoms with Crippen LogP contribution in [0.1, 0.15) is 5.69 Å². The molecule has 46 valence electrons. The molecule has 0 bridgehead atoms. The van der Waals surface area contributed by atoms with E-state index in [1.165, 1.54) is 6.20 Å². The van der Waals surface area contributed by atoms with Crippen LogP contribution in [0.3, 0.4) is 0 Å². The first-order valence-electron chi connectivity index (χ1n) is 2.32. The van der Waals surface area contributed by atoms with Crippen LogP contribution in [0, 0.1) is 5.41 Å². The van der Waals surface area contributed by atoms with Crippen molar-refractivity contribution in [3.63, 3.8) is 0 Å². The molecule has 0 spiro atoms. The third kappa shape index (κ3) is 1.47. The van der Waals surface area contributed by atoms with E-state index in [0.29, 0.717) is 5.69 Å². The van der Waals surface area contributed by atoms with E-state index in [1.807, 2.05) is 0 Å². The first-order valence-corrected chi connectivity index (χ1v) is 2.70. The smallest absolute Gasteiger partial charge is 0.222 e. The number of rotatable bonds is 1. The second-order valence-corrected chi connectivity index (χ2v) is 1.73. The lowest BCUT2D eigenvalue weighted by Gasteiger charge is -1.87. The van der Waals surface area contributed by atoms with Crippen molar-refractivity contribution in [2.24, 2.45) is 0 Å². The second kappa shape index (κ2) is 2.55. The maximum atomic E-state index is 6.77. The molecular weight excluding hydrogens is 138 g/mol. The van der Waals surface area contributed by atoms with Crippen LogP contribution >= 0.6 is 11.6 Å². The van der Waals surface area contributed by atoms with Crippen molar-refractivity contribution in [1.29, 1.82) is 5.41 Å². The third-order valence-electron chi connectivity index (χ3n) is 0.796. The number of halogens is 1. The Hall–Kier alpha value is -0.960. The van der Waals surface area contributed by atoms with Crippen LogP contribution < -0.4 is 0 Å². The molecule has 0 atom stereocenters.